The zero-order chi connectivity index (χ0) is 25.5. The summed E-state index contributed by atoms with van der Waals surface area (Å²) >= 11 is 0. The number of nitrogens with zero attached hydrogens (tertiary/aromatic N) is 6. The summed E-state index contributed by atoms with van der Waals surface area (Å²) in [7, 11) is 1.66. The zero-order valence-corrected chi connectivity index (χ0v) is 20.2. The smallest absolute Gasteiger partial charge is 0.222 e. The van der Waals surface area contributed by atoms with Crippen molar-refractivity contribution in [2.24, 2.45) is 5.92 Å². The second-order valence-electron chi connectivity index (χ2n) is 9.28. The van der Waals surface area contributed by atoms with E-state index in [9.17, 15) is 4.79 Å². The molecule has 0 spiro atoms. The van der Waals surface area contributed by atoms with Gasteiger partial charge in [-0.15, -0.1) is 0 Å². The molecule has 1 fully saturated rings. The minimum absolute atomic E-state index is 0.0143. The number of rotatable bonds is 4. The highest BCUT2D eigenvalue weighted by atomic mass is 19.1. The van der Waals surface area contributed by atoms with Gasteiger partial charge in [0.25, 0.3) is 0 Å². The average molecular weight is 497 g/mol. The number of hydrogen-bond acceptors (Lipinski definition) is 7. The number of nitrogen functional groups attached to an aromatic ring is 1. The van der Waals surface area contributed by atoms with Gasteiger partial charge >= 0.3 is 0 Å². The van der Waals surface area contributed by atoms with E-state index in [-0.39, 0.29) is 34.8 Å². The molecule has 5 aromatic rings. The van der Waals surface area contributed by atoms with Crippen LogP contribution in [0.4, 0.5) is 10.2 Å². The number of carbonyl (C=O) groups excluding carboxylic acids is 1. The van der Waals surface area contributed by atoms with Crippen LogP contribution >= 0.6 is 0 Å². The van der Waals surface area contributed by atoms with Crippen molar-refractivity contribution in [3.05, 3.63) is 60.8 Å². The molecule has 37 heavy (non-hydrogen) atoms. The summed E-state index contributed by atoms with van der Waals surface area (Å²) in [5, 5.41) is 8.75. The van der Waals surface area contributed by atoms with Crippen LogP contribution in [0, 0.1) is 11.7 Å². The lowest BCUT2D eigenvalue weighted by Gasteiger charge is -2.27. The van der Waals surface area contributed by atoms with E-state index in [0.717, 1.165) is 25.7 Å². The summed E-state index contributed by atoms with van der Waals surface area (Å²) in [5.41, 5.74) is 8.96. The quantitative estimate of drug-likeness (QED) is 0.380. The van der Waals surface area contributed by atoms with E-state index in [1.165, 1.54) is 6.33 Å². The van der Waals surface area contributed by atoms with Crippen LogP contribution in [0.3, 0.4) is 0 Å². The molecule has 6 rings (SSSR count). The normalized spacial score (nSPS) is 17.8. The van der Waals surface area contributed by atoms with Crippen LogP contribution in [-0.2, 0) is 4.79 Å². The van der Waals surface area contributed by atoms with Gasteiger partial charge in [0.05, 0.1) is 22.8 Å². The minimum Gasteiger partial charge on any atom is -0.383 e. The van der Waals surface area contributed by atoms with Gasteiger partial charge in [0.2, 0.25) is 5.91 Å². The Kier molecular flexibility index (Phi) is 5.71. The van der Waals surface area contributed by atoms with Crippen molar-refractivity contribution in [1.29, 1.82) is 0 Å². The van der Waals surface area contributed by atoms with Crippen LogP contribution in [0.1, 0.15) is 31.7 Å². The van der Waals surface area contributed by atoms with E-state index in [2.05, 4.69) is 25.3 Å². The molecule has 0 unspecified atom stereocenters. The number of halogens is 1. The third-order valence-electron chi connectivity index (χ3n) is 7.16. The van der Waals surface area contributed by atoms with E-state index in [1.54, 1.807) is 19.3 Å². The van der Waals surface area contributed by atoms with Crippen LogP contribution in [0.2, 0.25) is 0 Å². The summed E-state index contributed by atoms with van der Waals surface area (Å²) in [4.78, 5) is 29.6. The van der Waals surface area contributed by atoms with E-state index < -0.39 is 5.82 Å². The van der Waals surface area contributed by atoms with Gasteiger partial charge in [-0.2, -0.15) is 5.10 Å². The predicted octanol–water partition coefficient (Wildman–Crippen LogP) is 4.30. The zero-order valence-electron chi connectivity index (χ0n) is 20.2. The predicted molar refractivity (Wildman–Crippen MR) is 139 cm³/mol. The molecular weight excluding hydrogens is 471 g/mol. The maximum atomic E-state index is 16.1. The van der Waals surface area contributed by atoms with Crippen molar-refractivity contribution in [2.75, 3.05) is 12.8 Å². The van der Waals surface area contributed by atoms with Gasteiger partial charge in [0.1, 0.15) is 23.4 Å². The molecule has 186 valence electrons. The first-order valence-electron chi connectivity index (χ1n) is 12.3. The molecule has 1 amide bonds. The van der Waals surface area contributed by atoms with Gasteiger partial charge in [-0.25, -0.2) is 24.0 Å². The highest BCUT2D eigenvalue weighted by Gasteiger charge is 2.30. The number of nitrogens with two attached hydrogens (primary N) is 1. The van der Waals surface area contributed by atoms with Crippen molar-refractivity contribution in [3.63, 3.8) is 0 Å². The maximum absolute atomic E-state index is 16.1. The maximum Gasteiger partial charge on any atom is 0.222 e. The number of amides is 1. The Bertz CT molecular complexity index is 1630. The second kappa shape index (κ2) is 9.20. The molecule has 0 bridgehead atoms. The van der Waals surface area contributed by atoms with E-state index in [4.69, 9.17) is 10.8 Å². The van der Waals surface area contributed by atoms with Crippen molar-refractivity contribution in [2.45, 2.75) is 31.7 Å². The highest BCUT2D eigenvalue weighted by Crippen LogP contribution is 2.39. The molecule has 4 heterocycles. The Morgan fingerprint density at radius 2 is 1.84 bits per heavy atom. The first-order chi connectivity index (χ1) is 18.0. The molecule has 0 aliphatic heterocycles. The van der Waals surface area contributed by atoms with E-state index >= 15 is 4.39 Å². The van der Waals surface area contributed by atoms with Gasteiger partial charge in [0.15, 0.2) is 11.5 Å². The van der Waals surface area contributed by atoms with Crippen LogP contribution in [0.15, 0.2) is 55.0 Å². The summed E-state index contributed by atoms with van der Waals surface area (Å²) in [6.45, 7) is 0. The molecule has 0 atom stereocenters. The number of hydrogen-bond donors (Lipinski definition) is 2. The summed E-state index contributed by atoms with van der Waals surface area (Å²) in [6.07, 6.45) is 6.07. The van der Waals surface area contributed by atoms with Crippen LogP contribution in [-0.4, -0.2) is 42.7 Å². The fraction of sp³-hybridized carbons (Fsp3) is 0.259. The molecule has 3 N–H and O–H groups in total. The number of benzene rings is 1. The number of nitrogens with one attached hydrogen (secondary N) is 1. The van der Waals surface area contributed by atoms with Crippen molar-refractivity contribution in [3.8, 4) is 22.6 Å². The Morgan fingerprint density at radius 3 is 2.59 bits per heavy atom. The van der Waals surface area contributed by atoms with Crippen LogP contribution in [0.25, 0.3) is 44.6 Å². The van der Waals surface area contributed by atoms with Crippen molar-refractivity contribution < 1.29 is 9.18 Å². The fourth-order valence-corrected chi connectivity index (χ4v) is 5.22. The third-order valence-corrected chi connectivity index (χ3v) is 7.16. The molecular formula is C27H25FN8O. The van der Waals surface area contributed by atoms with Gasteiger partial charge in [-0.3, -0.25) is 9.78 Å². The summed E-state index contributed by atoms with van der Waals surface area (Å²) < 4.78 is 17.9. The number of pyridine rings is 2. The topological polar surface area (TPSA) is 124 Å². The lowest BCUT2D eigenvalue weighted by Crippen LogP contribution is -2.31. The Labute approximate surface area is 212 Å². The van der Waals surface area contributed by atoms with Crippen LogP contribution < -0.4 is 11.1 Å². The average Bonchev–Trinajstić information content (AvgIpc) is 3.34. The fourth-order valence-electron chi connectivity index (χ4n) is 5.22. The Morgan fingerprint density at radius 1 is 1.03 bits per heavy atom. The molecule has 10 heteroatoms. The summed E-state index contributed by atoms with van der Waals surface area (Å²) in [5.74, 6) is -0.209. The first kappa shape index (κ1) is 23.0. The van der Waals surface area contributed by atoms with Crippen molar-refractivity contribution in [1.82, 2.24) is 35.0 Å². The van der Waals surface area contributed by atoms with Gasteiger partial charge in [-0.05, 0) is 49.9 Å². The summed E-state index contributed by atoms with van der Waals surface area (Å²) in [6, 6.07) is 12.7. The molecule has 1 aromatic carbocycles. The van der Waals surface area contributed by atoms with Gasteiger partial charge in [0, 0.05) is 30.1 Å². The molecule has 1 aliphatic carbocycles. The molecule has 0 saturated heterocycles. The Hall–Kier alpha value is -4.47. The second-order valence-corrected chi connectivity index (χ2v) is 9.28. The number of aromatic nitrogens is 6. The van der Waals surface area contributed by atoms with Crippen molar-refractivity contribution >= 4 is 33.7 Å². The molecule has 0 radical (unpaired) electrons. The van der Waals surface area contributed by atoms with E-state index in [1.807, 2.05) is 41.1 Å². The highest BCUT2D eigenvalue weighted by molar-refractivity contribution is 6.00. The number of fused-ring (bicyclic) bond motifs is 2. The monoisotopic (exact) mass is 496 g/mol. The number of anilines is 1. The van der Waals surface area contributed by atoms with Gasteiger partial charge in [-0.1, -0.05) is 18.2 Å². The standard InChI is InChI=1S/C27H25FN8O/c1-30-27(37)16-5-9-17(10-6-16)36-26-21(25(29)32-14-33-26)24(35-36)18-11-7-15-8-12-20(34-23(15)22(18)28)19-4-2-3-13-31-19/h2-4,7-8,11-14,16-17H,5-6,9-10H2,1H3,(H,30,37)(H2,29,32,33). The molecule has 1 aliphatic rings. The Balaban J connectivity index is 1.46. The van der Waals surface area contributed by atoms with E-state index in [0.29, 0.717) is 33.5 Å². The molecule has 9 nitrogen and oxygen atoms in total. The third kappa shape index (κ3) is 3.94. The molecule has 1 saturated carbocycles. The largest absolute Gasteiger partial charge is 0.383 e. The van der Waals surface area contributed by atoms with Gasteiger partial charge < -0.3 is 11.1 Å². The lowest BCUT2D eigenvalue weighted by molar-refractivity contribution is -0.125. The lowest BCUT2D eigenvalue weighted by atomic mass is 9.85. The SMILES string of the molecule is CNC(=O)C1CCC(n2nc(-c3ccc4ccc(-c5ccccn5)nc4c3F)c3c(N)ncnc32)CC1. The number of carbonyl (C=O) groups is 1. The first-order valence-corrected chi connectivity index (χ1v) is 12.3. The van der Waals surface area contributed by atoms with Crippen LogP contribution in [0.5, 0.6) is 0 Å². The minimum atomic E-state index is -0.492. The molecule has 4 aromatic heterocycles.